The van der Waals surface area contributed by atoms with Gasteiger partial charge in [0, 0.05) is 74.2 Å². The number of piperidine rings is 1. The van der Waals surface area contributed by atoms with E-state index in [0.717, 1.165) is 12.8 Å². The van der Waals surface area contributed by atoms with E-state index in [-0.39, 0.29) is 39.2 Å². The van der Waals surface area contributed by atoms with E-state index in [0.29, 0.717) is 79.7 Å². The summed E-state index contributed by atoms with van der Waals surface area (Å²) in [5.41, 5.74) is 0.792. The van der Waals surface area contributed by atoms with Crippen LogP contribution in [0.1, 0.15) is 31.7 Å². The first-order valence-electron chi connectivity index (χ1n) is 14.7. The molecule has 44 heavy (non-hydrogen) atoms. The van der Waals surface area contributed by atoms with E-state index in [1.165, 1.54) is 14.2 Å². The highest BCUT2D eigenvalue weighted by Gasteiger charge is 2.29. The number of ether oxygens (including phenoxy) is 3. The van der Waals surface area contributed by atoms with Gasteiger partial charge in [-0.05, 0) is 45.8 Å². The number of halogens is 2. The predicted octanol–water partition coefficient (Wildman–Crippen LogP) is 4.65. The molecule has 236 valence electrons. The molecule has 11 nitrogen and oxygen atoms in total. The standard InChI is InChI=1S/C31H38Cl2N6O5/c1-37(2)11-5-6-25(40)38-12-7-21(8-13-38)39-29-19(18-34-31(36-29)35-20-9-14-44-15-10-20)16-22(30(39)41)26-27(32)23(42-3)17-24(43-4)28(26)33/h5-6,16-18,20-21H,7-15H2,1-4H3,(H,34,35,36)/b6-5+. The van der Waals surface area contributed by atoms with Crippen LogP contribution in [0.3, 0.4) is 0 Å². The van der Waals surface area contributed by atoms with Crippen LogP contribution in [0.4, 0.5) is 5.95 Å². The molecule has 4 heterocycles. The van der Waals surface area contributed by atoms with Crippen LogP contribution in [0.2, 0.25) is 10.0 Å². The van der Waals surface area contributed by atoms with Gasteiger partial charge in [0.25, 0.3) is 5.56 Å². The molecule has 3 aromatic rings. The zero-order chi connectivity index (χ0) is 31.4. The Morgan fingerprint density at radius 2 is 1.75 bits per heavy atom. The molecule has 2 saturated heterocycles. The number of carbonyl (C=O) groups excluding carboxylic acids is 1. The molecule has 13 heteroatoms. The molecule has 0 spiro atoms. The van der Waals surface area contributed by atoms with Crippen molar-refractivity contribution < 1.29 is 19.0 Å². The second kappa shape index (κ2) is 14.2. The van der Waals surface area contributed by atoms with Crippen LogP contribution in [0.5, 0.6) is 11.5 Å². The Morgan fingerprint density at radius 3 is 2.36 bits per heavy atom. The lowest BCUT2D eigenvalue weighted by molar-refractivity contribution is -0.127. The lowest BCUT2D eigenvalue weighted by atomic mass is 10.0. The maximum atomic E-state index is 14.5. The largest absolute Gasteiger partial charge is 0.495 e. The molecule has 1 aromatic carbocycles. The Morgan fingerprint density at radius 1 is 1.09 bits per heavy atom. The minimum absolute atomic E-state index is 0.0384. The van der Waals surface area contributed by atoms with Crippen molar-refractivity contribution in [2.24, 2.45) is 0 Å². The molecule has 0 aliphatic carbocycles. The average Bonchev–Trinajstić information content (AvgIpc) is 3.02. The van der Waals surface area contributed by atoms with Crippen molar-refractivity contribution in [3.8, 4) is 22.6 Å². The van der Waals surface area contributed by atoms with E-state index in [9.17, 15) is 9.59 Å². The van der Waals surface area contributed by atoms with Crippen molar-refractivity contribution in [3.05, 3.63) is 50.9 Å². The van der Waals surface area contributed by atoms with Gasteiger partial charge in [0.2, 0.25) is 11.9 Å². The van der Waals surface area contributed by atoms with Gasteiger partial charge in [-0.2, -0.15) is 4.98 Å². The predicted molar refractivity (Wildman–Crippen MR) is 172 cm³/mol. The number of pyridine rings is 1. The summed E-state index contributed by atoms with van der Waals surface area (Å²) in [4.78, 5) is 40.5. The molecule has 1 amide bonds. The third-order valence-corrected chi connectivity index (χ3v) is 8.79. The summed E-state index contributed by atoms with van der Waals surface area (Å²) >= 11 is 13.5. The number of fused-ring (bicyclic) bond motifs is 1. The Balaban J connectivity index is 1.58. The van der Waals surface area contributed by atoms with Crippen molar-refractivity contribution in [3.63, 3.8) is 0 Å². The van der Waals surface area contributed by atoms with Crippen LogP contribution in [0, 0.1) is 0 Å². The number of nitrogens with one attached hydrogen (secondary N) is 1. The highest BCUT2D eigenvalue weighted by molar-refractivity contribution is 6.41. The van der Waals surface area contributed by atoms with Crippen molar-refractivity contribution in [1.29, 1.82) is 0 Å². The van der Waals surface area contributed by atoms with Gasteiger partial charge in [0.15, 0.2) is 0 Å². The number of methoxy groups -OCH3 is 2. The average molecular weight is 646 g/mol. The fourth-order valence-electron chi connectivity index (χ4n) is 5.67. The number of amides is 1. The van der Waals surface area contributed by atoms with Crippen LogP contribution < -0.4 is 20.3 Å². The van der Waals surface area contributed by atoms with E-state index in [2.05, 4.69) is 10.3 Å². The van der Waals surface area contributed by atoms with Crippen molar-refractivity contribution in [2.45, 2.75) is 37.8 Å². The van der Waals surface area contributed by atoms with Crippen molar-refractivity contribution in [1.82, 2.24) is 24.3 Å². The van der Waals surface area contributed by atoms with Crippen LogP contribution >= 0.6 is 23.2 Å². The van der Waals surface area contributed by atoms with Crippen LogP contribution in [0.15, 0.2) is 35.3 Å². The molecule has 1 N–H and O–H groups in total. The van der Waals surface area contributed by atoms with Crippen molar-refractivity contribution in [2.75, 3.05) is 66.5 Å². The molecule has 0 saturated carbocycles. The highest BCUT2D eigenvalue weighted by Crippen LogP contribution is 2.45. The minimum Gasteiger partial charge on any atom is -0.495 e. The molecule has 0 atom stereocenters. The van der Waals surface area contributed by atoms with Gasteiger partial charge in [0.05, 0.1) is 29.8 Å². The van der Waals surface area contributed by atoms with Gasteiger partial charge in [-0.3, -0.25) is 14.2 Å². The van der Waals surface area contributed by atoms with Gasteiger partial charge in [-0.1, -0.05) is 29.3 Å². The number of carbonyl (C=O) groups is 1. The number of benzene rings is 1. The lowest BCUT2D eigenvalue weighted by Crippen LogP contribution is -2.40. The number of hydrogen-bond donors (Lipinski definition) is 1. The van der Waals surface area contributed by atoms with Gasteiger partial charge in [-0.25, -0.2) is 4.98 Å². The van der Waals surface area contributed by atoms with Gasteiger partial charge in [0.1, 0.15) is 17.1 Å². The maximum absolute atomic E-state index is 14.5. The SMILES string of the molecule is COc1cc(OC)c(Cl)c(-c2cc3cnc(NC4CCOCC4)nc3n(C3CCN(C(=O)/C=C/CN(C)C)CC3)c2=O)c1Cl. The number of nitrogens with zero attached hydrogens (tertiary/aromatic N) is 5. The lowest BCUT2D eigenvalue weighted by Gasteiger charge is -2.33. The zero-order valence-corrected chi connectivity index (χ0v) is 27.0. The monoisotopic (exact) mass is 644 g/mol. The molecule has 2 aliphatic rings. The first kappa shape index (κ1) is 32.0. The normalized spacial score (nSPS) is 16.7. The second-order valence-electron chi connectivity index (χ2n) is 11.2. The molecule has 2 fully saturated rings. The zero-order valence-electron chi connectivity index (χ0n) is 25.4. The minimum atomic E-state index is -0.303. The number of aromatic nitrogens is 3. The van der Waals surface area contributed by atoms with Gasteiger partial charge < -0.3 is 29.3 Å². The van der Waals surface area contributed by atoms with Gasteiger partial charge >= 0.3 is 0 Å². The third-order valence-electron chi connectivity index (χ3n) is 8.04. The van der Waals surface area contributed by atoms with Crippen LogP contribution in [-0.2, 0) is 9.53 Å². The fraction of sp³-hybridized carbons (Fsp3) is 0.484. The van der Waals surface area contributed by atoms with E-state index in [1.807, 2.05) is 30.0 Å². The maximum Gasteiger partial charge on any atom is 0.260 e. The quantitative estimate of drug-likeness (QED) is 0.333. The number of likely N-dealkylation sites (N-methyl/N-ethyl adjacent to an activating group) is 1. The van der Waals surface area contributed by atoms with E-state index < -0.39 is 0 Å². The second-order valence-corrected chi connectivity index (χ2v) is 12.0. The molecule has 0 radical (unpaired) electrons. The van der Waals surface area contributed by atoms with Crippen LogP contribution in [0.25, 0.3) is 22.2 Å². The van der Waals surface area contributed by atoms with E-state index in [1.54, 1.807) is 29.0 Å². The summed E-state index contributed by atoms with van der Waals surface area (Å²) in [6.45, 7) is 3.03. The summed E-state index contributed by atoms with van der Waals surface area (Å²) in [5.74, 6) is 1.07. The van der Waals surface area contributed by atoms with Crippen molar-refractivity contribution >= 4 is 46.1 Å². The summed E-state index contributed by atoms with van der Waals surface area (Å²) in [6, 6.07) is 3.25. The first-order chi connectivity index (χ1) is 21.2. The third kappa shape index (κ3) is 6.81. The topological polar surface area (TPSA) is 111 Å². The molecule has 0 unspecified atom stereocenters. The summed E-state index contributed by atoms with van der Waals surface area (Å²) in [5, 5.41) is 4.46. The van der Waals surface area contributed by atoms with E-state index in [4.69, 9.17) is 42.4 Å². The summed E-state index contributed by atoms with van der Waals surface area (Å²) in [6.07, 6.45) is 8.01. The molecule has 0 bridgehead atoms. The first-order valence-corrected chi connectivity index (χ1v) is 15.4. The number of anilines is 1. The molecule has 2 aromatic heterocycles. The Hall–Kier alpha value is -3.38. The Kier molecular flexibility index (Phi) is 10.3. The Labute approximate surface area is 266 Å². The smallest absolute Gasteiger partial charge is 0.260 e. The molecule has 2 aliphatic heterocycles. The van der Waals surface area contributed by atoms with Gasteiger partial charge in [-0.15, -0.1) is 0 Å². The Bertz CT molecular complexity index is 1570. The molecular weight excluding hydrogens is 607 g/mol. The number of rotatable bonds is 9. The number of hydrogen-bond acceptors (Lipinski definition) is 9. The summed E-state index contributed by atoms with van der Waals surface area (Å²) < 4.78 is 18.1. The highest BCUT2D eigenvalue weighted by atomic mass is 35.5. The number of likely N-dealkylation sites (tertiary alicyclic amines) is 1. The molecular formula is C31H38Cl2N6O5. The summed E-state index contributed by atoms with van der Waals surface area (Å²) in [7, 11) is 6.88. The van der Waals surface area contributed by atoms with E-state index >= 15 is 0 Å². The van der Waals surface area contributed by atoms with Crippen LogP contribution in [-0.4, -0.2) is 97.4 Å². The fourth-order valence-corrected chi connectivity index (χ4v) is 6.37. The molecule has 5 rings (SSSR count).